The predicted octanol–water partition coefficient (Wildman–Crippen LogP) is 1.58. The maximum atomic E-state index is 11.8. The van der Waals surface area contributed by atoms with E-state index >= 15 is 0 Å². The predicted molar refractivity (Wildman–Crippen MR) is 87.5 cm³/mol. The topological polar surface area (TPSA) is 65.4 Å². The van der Waals surface area contributed by atoms with Crippen molar-refractivity contribution in [1.82, 2.24) is 14.9 Å². The molecular weight excluding hydrogens is 294 g/mol. The van der Waals surface area contributed by atoms with Gasteiger partial charge in [-0.1, -0.05) is 18.2 Å². The first-order valence-electron chi connectivity index (χ1n) is 7.65. The molecule has 0 aliphatic rings. The zero-order valence-corrected chi connectivity index (χ0v) is 13.6. The summed E-state index contributed by atoms with van der Waals surface area (Å²) in [6.07, 6.45) is 2.51. The van der Waals surface area contributed by atoms with Gasteiger partial charge in [-0.2, -0.15) is 0 Å². The number of amides is 1. The van der Waals surface area contributed by atoms with Crippen LogP contribution in [-0.4, -0.2) is 42.3 Å². The molecule has 1 aromatic carbocycles. The molecule has 1 N–H and O–H groups in total. The maximum absolute atomic E-state index is 11.8. The van der Waals surface area contributed by atoms with E-state index in [9.17, 15) is 4.79 Å². The third-order valence-corrected chi connectivity index (χ3v) is 3.44. The number of para-hydroxylation sites is 1. The third-order valence-electron chi connectivity index (χ3n) is 3.44. The van der Waals surface area contributed by atoms with Gasteiger partial charge in [0, 0.05) is 38.5 Å². The highest BCUT2D eigenvalue weighted by molar-refractivity contribution is 5.77. The number of ether oxygens (including phenoxy) is 2. The molecule has 0 saturated heterocycles. The summed E-state index contributed by atoms with van der Waals surface area (Å²) in [7, 11) is 1.68. The lowest BCUT2D eigenvalue weighted by Gasteiger charge is -2.10. The van der Waals surface area contributed by atoms with Crippen molar-refractivity contribution in [1.29, 1.82) is 0 Å². The Hall–Kier alpha value is -2.34. The quantitative estimate of drug-likeness (QED) is 0.762. The Balaban J connectivity index is 1.73. The molecule has 2 rings (SSSR count). The molecule has 0 unspecified atom stereocenters. The second-order valence-electron chi connectivity index (χ2n) is 5.16. The molecule has 0 aliphatic heterocycles. The summed E-state index contributed by atoms with van der Waals surface area (Å²) in [5.41, 5.74) is 1.09. The van der Waals surface area contributed by atoms with Crippen LogP contribution in [0.4, 0.5) is 0 Å². The van der Waals surface area contributed by atoms with Gasteiger partial charge in [0.25, 0.3) is 5.91 Å². The Labute approximate surface area is 136 Å². The van der Waals surface area contributed by atoms with Crippen LogP contribution in [0.5, 0.6) is 5.75 Å². The van der Waals surface area contributed by atoms with Crippen LogP contribution >= 0.6 is 0 Å². The van der Waals surface area contributed by atoms with E-state index < -0.39 is 0 Å². The molecule has 1 amide bonds. The largest absolute Gasteiger partial charge is 0.484 e. The molecule has 0 saturated carbocycles. The summed E-state index contributed by atoms with van der Waals surface area (Å²) in [6, 6.07) is 9.29. The van der Waals surface area contributed by atoms with Gasteiger partial charge in [-0.3, -0.25) is 4.79 Å². The van der Waals surface area contributed by atoms with Crippen molar-refractivity contribution in [2.45, 2.75) is 19.9 Å². The minimum Gasteiger partial charge on any atom is -0.484 e. The Morgan fingerprint density at radius 2 is 2.09 bits per heavy atom. The van der Waals surface area contributed by atoms with Crippen LogP contribution in [0.2, 0.25) is 0 Å². The highest BCUT2D eigenvalue weighted by atomic mass is 16.5. The van der Waals surface area contributed by atoms with Gasteiger partial charge in [-0.25, -0.2) is 4.98 Å². The van der Waals surface area contributed by atoms with Gasteiger partial charge < -0.3 is 19.4 Å². The van der Waals surface area contributed by atoms with Gasteiger partial charge in [-0.05, 0) is 19.1 Å². The molecule has 6 nitrogen and oxygen atoms in total. The lowest BCUT2D eigenvalue weighted by atomic mass is 10.3. The van der Waals surface area contributed by atoms with E-state index in [1.54, 1.807) is 7.11 Å². The number of hydrogen-bond donors (Lipinski definition) is 1. The van der Waals surface area contributed by atoms with Crippen molar-refractivity contribution in [3.05, 3.63) is 48.0 Å². The number of nitrogens with zero attached hydrogens (tertiary/aromatic N) is 2. The van der Waals surface area contributed by atoms with Crippen LogP contribution < -0.4 is 10.1 Å². The average molecular weight is 317 g/mol. The Morgan fingerprint density at radius 1 is 1.30 bits per heavy atom. The number of aryl methyl sites for hydroxylation is 1. The molecule has 0 spiro atoms. The number of imidazole rings is 1. The van der Waals surface area contributed by atoms with E-state index in [-0.39, 0.29) is 12.5 Å². The van der Waals surface area contributed by atoms with Crippen LogP contribution in [0.25, 0.3) is 0 Å². The van der Waals surface area contributed by atoms with Crippen LogP contribution in [0.1, 0.15) is 11.5 Å². The molecule has 0 atom stereocenters. The number of carbonyl (C=O) groups excluding carboxylic acids is 1. The van der Waals surface area contributed by atoms with Gasteiger partial charge in [0.2, 0.25) is 0 Å². The van der Waals surface area contributed by atoms with Gasteiger partial charge in [0.05, 0.1) is 6.61 Å². The molecular formula is C17H23N3O3. The SMILES string of the molecule is COCCn1c(C)cnc1CCNC(=O)COc1ccccc1. The summed E-state index contributed by atoms with van der Waals surface area (Å²) in [5.74, 6) is 1.50. The van der Waals surface area contributed by atoms with Crippen molar-refractivity contribution in [2.24, 2.45) is 0 Å². The fraction of sp³-hybridized carbons (Fsp3) is 0.412. The van der Waals surface area contributed by atoms with Crippen molar-refractivity contribution in [3.8, 4) is 5.75 Å². The number of rotatable bonds is 9. The molecule has 2 aromatic rings. The van der Waals surface area contributed by atoms with E-state index in [2.05, 4.69) is 14.9 Å². The summed E-state index contributed by atoms with van der Waals surface area (Å²) < 4.78 is 12.6. The van der Waals surface area contributed by atoms with Crippen molar-refractivity contribution < 1.29 is 14.3 Å². The highest BCUT2D eigenvalue weighted by Crippen LogP contribution is 2.07. The fourth-order valence-electron chi connectivity index (χ4n) is 2.23. The first-order chi connectivity index (χ1) is 11.2. The van der Waals surface area contributed by atoms with Crippen LogP contribution in [0.3, 0.4) is 0 Å². The highest BCUT2D eigenvalue weighted by Gasteiger charge is 2.08. The van der Waals surface area contributed by atoms with E-state index in [4.69, 9.17) is 9.47 Å². The number of hydrogen-bond acceptors (Lipinski definition) is 4. The van der Waals surface area contributed by atoms with Gasteiger partial charge in [-0.15, -0.1) is 0 Å². The Morgan fingerprint density at radius 3 is 2.83 bits per heavy atom. The lowest BCUT2D eigenvalue weighted by molar-refractivity contribution is -0.123. The average Bonchev–Trinajstić information content (AvgIpc) is 2.92. The normalized spacial score (nSPS) is 10.5. The molecule has 6 heteroatoms. The van der Waals surface area contributed by atoms with Crippen molar-refractivity contribution in [2.75, 3.05) is 26.9 Å². The van der Waals surface area contributed by atoms with Crippen LogP contribution in [0.15, 0.2) is 36.5 Å². The zero-order valence-electron chi connectivity index (χ0n) is 13.6. The van der Waals surface area contributed by atoms with Gasteiger partial charge in [0.15, 0.2) is 6.61 Å². The summed E-state index contributed by atoms with van der Waals surface area (Å²) in [5, 5.41) is 2.85. The van der Waals surface area contributed by atoms with E-state index in [0.29, 0.717) is 25.3 Å². The van der Waals surface area contributed by atoms with Gasteiger partial charge in [0.1, 0.15) is 11.6 Å². The third kappa shape index (κ3) is 5.41. The first-order valence-corrected chi connectivity index (χ1v) is 7.65. The summed E-state index contributed by atoms with van der Waals surface area (Å²) in [6.45, 7) is 3.96. The Kier molecular flexibility index (Phi) is 6.62. The van der Waals surface area contributed by atoms with E-state index in [0.717, 1.165) is 18.1 Å². The molecule has 0 bridgehead atoms. The zero-order chi connectivity index (χ0) is 16.5. The smallest absolute Gasteiger partial charge is 0.257 e. The molecule has 0 fully saturated rings. The number of methoxy groups -OCH3 is 1. The molecule has 23 heavy (non-hydrogen) atoms. The summed E-state index contributed by atoms with van der Waals surface area (Å²) in [4.78, 5) is 16.2. The molecule has 1 heterocycles. The summed E-state index contributed by atoms with van der Waals surface area (Å²) >= 11 is 0. The molecule has 0 radical (unpaired) electrons. The Bertz CT molecular complexity index is 611. The number of aromatic nitrogens is 2. The molecule has 0 aliphatic carbocycles. The standard InChI is InChI=1S/C17H23N3O3/c1-14-12-19-16(20(14)10-11-22-2)8-9-18-17(21)13-23-15-6-4-3-5-7-15/h3-7,12H,8-11,13H2,1-2H3,(H,18,21). The van der Waals surface area contributed by atoms with E-state index in [1.807, 2.05) is 43.5 Å². The minimum atomic E-state index is -0.138. The fourth-order valence-corrected chi connectivity index (χ4v) is 2.23. The second-order valence-corrected chi connectivity index (χ2v) is 5.16. The first kappa shape index (κ1) is 17.0. The lowest BCUT2D eigenvalue weighted by Crippen LogP contribution is -2.31. The van der Waals surface area contributed by atoms with Crippen LogP contribution in [0, 0.1) is 6.92 Å². The van der Waals surface area contributed by atoms with Crippen molar-refractivity contribution in [3.63, 3.8) is 0 Å². The maximum Gasteiger partial charge on any atom is 0.257 e. The molecule has 124 valence electrons. The van der Waals surface area contributed by atoms with Crippen LogP contribution in [-0.2, 0) is 22.5 Å². The second kappa shape index (κ2) is 8.95. The van der Waals surface area contributed by atoms with Gasteiger partial charge >= 0.3 is 0 Å². The van der Waals surface area contributed by atoms with E-state index in [1.165, 1.54) is 0 Å². The number of nitrogens with one attached hydrogen (secondary N) is 1. The minimum absolute atomic E-state index is 0.0150. The number of carbonyl (C=O) groups is 1. The monoisotopic (exact) mass is 317 g/mol. The number of benzene rings is 1. The molecule has 1 aromatic heterocycles. The van der Waals surface area contributed by atoms with Crippen molar-refractivity contribution >= 4 is 5.91 Å².